The Morgan fingerprint density at radius 1 is 0.889 bits per heavy atom. The number of hydrogen-bond donors (Lipinski definition) is 6. The fourth-order valence-corrected chi connectivity index (χ4v) is 0.810. The standard InChI is InChI=1S/C6H12O6.C3H6O3/c7-1-5(9)3-12-6(10,2-8)4-11-5;4-1-3(6)2-5/h7-10H,1-4H2;4-5H,1-2H2. The maximum atomic E-state index is 9.68. The molecule has 1 rings (SSSR count). The molecule has 0 aliphatic carbocycles. The number of ketones is 1. The zero-order chi connectivity index (χ0) is 14.2. The lowest BCUT2D eigenvalue weighted by molar-refractivity contribution is -0.377. The highest BCUT2D eigenvalue weighted by molar-refractivity contribution is 5.80. The number of aliphatic hydroxyl groups excluding tert-OH is 4. The predicted molar refractivity (Wildman–Crippen MR) is 55.2 cm³/mol. The minimum absolute atomic E-state index is 0.374. The fourth-order valence-electron chi connectivity index (χ4n) is 0.810. The Labute approximate surface area is 103 Å². The van der Waals surface area contributed by atoms with Crippen LogP contribution in [0.3, 0.4) is 0 Å². The van der Waals surface area contributed by atoms with Crippen LogP contribution in [0.4, 0.5) is 0 Å². The molecule has 0 amide bonds. The van der Waals surface area contributed by atoms with Crippen molar-refractivity contribution in [1.82, 2.24) is 0 Å². The molecule has 0 aromatic rings. The number of ether oxygens (including phenoxy) is 2. The number of rotatable bonds is 4. The molecule has 6 N–H and O–H groups in total. The quantitative estimate of drug-likeness (QED) is 0.299. The minimum Gasteiger partial charge on any atom is -0.391 e. The summed E-state index contributed by atoms with van der Waals surface area (Å²) in [6, 6.07) is 0. The molecule has 9 heteroatoms. The molecule has 18 heavy (non-hydrogen) atoms. The number of aliphatic hydroxyl groups is 6. The second-order valence-electron chi connectivity index (χ2n) is 3.64. The first kappa shape index (κ1) is 17.4. The lowest BCUT2D eigenvalue weighted by atomic mass is 10.2. The molecule has 1 heterocycles. The largest absolute Gasteiger partial charge is 0.391 e. The van der Waals surface area contributed by atoms with Gasteiger partial charge in [0.05, 0.1) is 13.2 Å². The fraction of sp³-hybridized carbons (Fsp3) is 0.889. The molecule has 9 nitrogen and oxygen atoms in total. The Balaban J connectivity index is 0.000000411. The van der Waals surface area contributed by atoms with Crippen molar-refractivity contribution in [2.75, 3.05) is 39.6 Å². The van der Waals surface area contributed by atoms with Gasteiger partial charge >= 0.3 is 0 Å². The highest BCUT2D eigenvalue weighted by atomic mass is 16.7. The first-order valence-electron chi connectivity index (χ1n) is 5.02. The van der Waals surface area contributed by atoms with Crippen molar-refractivity contribution in [3.63, 3.8) is 0 Å². The van der Waals surface area contributed by atoms with Crippen LogP contribution in [0.1, 0.15) is 0 Å². The van der Waals surface area contributed by atoms with Gasteiger partial charge in [-0.05, 0) is 0 Å². The smallest absolute Gasteiger partial charge is 0.213 e. The summed E-state index contributed by atoms with van der Waals surface area (Å²) >= 11 is 0. The van der Waals surface area contributed by atoms with Crippen LogP contribution < -0.4 is 0 Å². The lowest BCUT2D eigenvalue weighted by Gasteiger charge is -2.38. The SMILES string of the molecule is O=C(CO)CO.OCC1(O)COC(O)(CO)CO1. The van der Waals surface area contributed by atoms with Crippen molar-refractivity contribution in [2.24, 2.45) is 0 Å². The highest BCUT2D eigenvalue weighted by Crippen LogP contribution is 2.20. The van der Waals surface area contributed by atoms with Crippen molar-refractivity contribution in [2.45, 2.75) is 11.6 Å². The van der Waals surface area contributed by atoms with Gasteiger partial charge in [0.2, 0.25) is 11.6 Å². The van der Waals surface area contributed by atoms with Crippen LogP contribution >= 0.6 is 0 Å². The van der Waals surface area contributed by atoms with Gasteiger partial charge in [0.25, 0.3) is 0 Å². The van der Waals surface area contributed by atoms with Crippen LogP contribution in [-0.2, 0) is 14.3 Å². The van der Waals surface area contributed by atoms with E-state index in [-0.39, 0.29) is 13.2 Å². The summed E-state index contributed by atoms with van der Waals surface area (Å²) in [7, 11) is 0. The van der Waals surface area contributed by atoms with Crippen molar-refractivity contribution in [3.05, 3.63) is 0 Å². The Kier molecular flexibility index (Phi) is 7.43. The topological polar surface area (TPSA) is 157 Å². The number of carbonyl (C=O) groups excluding carboxylic acids is 1. The average Bonchev–Trinajstić information content (AvgIpc) is 2.42. The van der Waals surface area contributed by atoms with E-state index in [1.165, 1.54) is 0 Å². The van der Waals surface area contributed by atoms with E-state index in [4.69, 9.17) is 29.9 Å². The van der Waals surface area contributed by atoms with E-state index >= 15 is 0 Å². The monoisotopic (exact) mass is 270 g/mol. The molecule has 0 saturated carbocycles. The highest BCUT2D eigenvalue weighted by Gasteiger charge is 2.42. The molecule has 1 aliphatic heterocycles. The van der Waals surface area contributed by atoms with Crippen LogP contribution in [0, 0.1) is 0 Å². The van der Waals surface area contributed by atoms with Crippen molar-refractivity contribution >= 4 is 5.78 Å². The summed E-state index contributed by atoms with van der Waals surface area (Å²) in [6.07, 6.45) is 0. The number of Topliss-reactive ketones (excluding diaryl/α,β-unsaturated/α-hetero) is 1. The zero-order valence-electron chi connectivity index (χ0n) is 9.65. The van der Waals surface area contributed by atoms with Gasteiger partial charge in [-0.15, -0.1) is 0 Å². The van der Waals surface area contributed by atoms with E-state index in [0.29, 0.717) is 0 Å². The average molecular weight is 270 g/mol. The van der Waals surface area contributed by atoms with Gasteiger partial charge in [0, 0.05) is 0 Å². The molecule has 1 aliphatic rings. The molecule has 2 unspecified atom stereocenters. The zero-order valence-corrected chi connectivity index (χ0v) is 9.65. The molecule has 0 aromatic heterocycles. The van der Waals surface area contributed by atoms with Gasteiger partial charge in [-0.1, -0.05) is 0 Å². The molecule has 1 saturated heterocycles. The van der Waals surface area contributed by atoms with E-state index in [9.17, 15) is 15.0 Å². The third kappa shape index (κ3) is 5.80. The molecule has 0 aromatic carbocycles. The Morgan fingerprint density at radius 2 is 1.22 bits per heavy atom. The summed E-state index contributed by atoms with van der Waals surface area (Å²) in [4.78, 5) is 9.68. The Bertz CT molecular complexity index is 222. The van der Waals surface area contributed by atoms with Crippen molar-refractivity contribution in [3.8, 4) is 0 Å². The van der Waals surface area contributed by atoms with E-state index in [2.05, 4.69) is 0 Å². The third-order valence-corrected chi connectivity index (χ3v) is 1.98. The van der Waals surface area contributed by atoms with Crippen LogP contribution in [0.5, 0.6) is 0 Å². The minimum atomic E-state index is -1.76. The summed E-state index contributed by atoms with van der Waals surface area (Å²) in [5.74, 6) is -4.07. The van der Waals surface area contributed by atoms with Gasteiger partial charge in [-0.3, -0.25) is 4.79 Å². The van der Waals surface area contributed by atoms with Crippen molar-refractivity contribution in [1.29, 1.82) is 0 Å². The van der Waals surface area contributed by atoms with Gasteiger partial charge in [-0.25, -0.2) is 0 Å². The van der Waals surface area contributed by atoms with Crippen LogP contribution in [0.15, 0.2) is 0 Å². The number of hydrogen-bond acceptors (Lipinski definition) is 9. The Morgan fingerprint density at radius 3 is 1.33 bits per heavy atom. The molecule has 0 spiro atoms. The summed E-state index contributed by atoms with van der Waals surface area (Å²) < 4.78 is 9.38. The van der Waals surface area contributed by atoms with Gasteiger partial charge in [0.15, 0.2) is 5.78 Å². The molecule has 0 bridgehead atoms. The first-order chi connectivity index (χ1) is 8.34. The van der Waals surface area contributed by atoms with E-state index < -0.39 is 43.8 Å². The molecule has 0 radical (unpaired) electrons. The molecular formula is C9H18O9. The van der Waals surface area contributed by atoms with E-state index in [0.717, 1.165) is 0 Å². The Hall–Kier alpha value is -0.650. The summed E-state index contributed by atoms with van der Waals surface area (Å²) in [5, 5.41) is 51.3. The van der Waals surface area contributed by atoms with Gasteiger partial charge < -0.3 is 40.1 Å². The van der Waals surface area contributed by atoms with E-state index in [1.54, 1.807) is 0 Å². The summed E-state index contributed by atoms with van der Waals surface area (Å²) in [5.41, 5.74) is 0. The third-order valence-electron chi connectivity index (χ3n) is 1.98. The first-order valence-corrected chi connectivity index (χ1v) is 5.02. The van der Waals surface area contributed by atoms with Gasteiger partial charge in [-0.2, -0.15) is 0 Å². The lowest BCUT2D eigenvalue weighted by Crippen LogP contribution is -2.56. The molecule has 2 atom stereocenters. The van der Waals surface area contributed by atoms with E-state index in [1.807, 2.05) is 0 Å². The maximum Gasteiger partial charge on any atom is 0.213 e. The second kappa shape index (κ2) is 7.71. The summed E-state index contributed by atoms with van der Waals surface area (Å²) in [6.45, 7) is -3.10. The molecule has 1 fully saturated rings. The van der Waals surface area contributed by atoms with Crippen molar-refractivity contribution < 1.29 is 44.9 Å². The second-order valence-corrected chi connectivity index (χ2v) is 3.64. The van der Waals surface area contributed by atoms with Crippen LogP contribution in [-0.4, -0.2) is 87.6 Å². The van der Waals surface area contributed by atoms with Gasteiger partial charge in [0.1, 0.15) is 26.4 Å². The molecule has 108 valence electrons. The predicted octanol–water partition coefficient (Wildman–Crippen LogP) is -4.06. The molecular weight excluding hydrogens is 252 g/mol. The maximum absolute atomic E-state index is 9.68. The normalized spacial score (nSPS) is 31.4. The van der Waals surface area contributed by atoms with Crippen LogP contribution in [0.25, 0.3) is 0 Å². The number of carbonyl (C=O) groups is 1. The van der Waals surface area contributed by atoms with Crippen LogP contribution in [0.2, 0.25) is 0 Å².